The quantitative estimate of drug-likeness (QED) is 0.865. The van der Waals surface area contributed by atoms with Crippen molar-refractivity contribution in [1.29, 1.82) is 0 Å². The fourth-order valence-corrected chi connectivity index (χ4v) is 5.37. The molecule has 3 aliphatic rings. The number of nitrogens with zero attached hydrogens (tertiary/aromatic N) is 1. The minimum atomic E-state index is 0.168. The molecule has 0 aromatic rings. The van der Waals surface area contributed by atoms with E-state index >= 15 is 0 Å². The van der Waals surface area contributed by atoms with E-state index in [9.17, 15) is 4.79 Å². The molecule has 0 aromatic carbocycles. The Labute approximate surface area is 138 Å². The first-order valence-corrected chi connectivity index (χ1v) is 10.1. The summed E-state index contributed by atoms with van der Waals surface area (Å²) in [7, 11) is 0. The molecule has 4 nitrogen and oxygen atoms in total. The van der Waals surface area contributed by atoms with Crippen molar-refractivity contribution in [2.75, 3.05) is 26.0 Å². The summed E-state index contributed by atoms with van der Waals surface area (Å²) in [6, 6.07) is 1.05. The first kappa shape index (κ1) is 16.4. The minimum absolute atomic E-state index is 0.168. The van der Waals surface area contributed by atoms with Crippen LogP contribution in [0.5, 0.6) is 0 Å². The maximum absolute atomic E-state index is 12.8. The molecule has 0 spiro atoms. The summed E-state index contributed by atoms with van der Waals surface area (Å²) in [4.78, 5) is 14.9. The number of hydrogen-bond acceptors (Lipinski definition) is 3. The van der Waals surface area contributed by atoms with Gasteiger partial charge in [-0.2, -0.15) is 11.8 Å². The van der Waals surface area contributed by atoms with Crippen LogP contribution >= 0.6 is 11.8 Å². The Morgan fingerprint density at radius 2 is 2.05 bits per heavy atom. The third kappa shape index (κ3) is 3.25. The number of hydrogen-bond donors (Lipinski definition) is 1. The van der Waals surface area contributed by atoms with Gasteiger partial charge in [0.05, 0.1) is 0 Å². The van der Waals surface area contributed by atoms with Crippen molar-refractivity contribution in [2.24, 2.45) is 5.92 Å². The van der Waals surface area contributed by atoms with Gasteiger partial charge in [0.2, 0.25) is 0 Å². The molecule has 3 atom stereocenters. The van der Waals surface area contributed by atoms with Crippen molar-refractivity contribution in [3.63, 3.8) is 0 Å². The SMILES string of the molecule is CSC1(CNC(=O)N2C(C)CC3CCCCC32)CCOCC1. The predicted molar refractivity (Wildman–Crippen MR) is 91.4 cm³/mol. The molecule has 2 saturated heterocycles. The van der Waals surface area contributed by atoms with Crippen LogP contribution in [0.25, 0.3) is 0 Å². The Hall–Kier alpha value is -0.420. The molecule has 0 bridgehead atoms. The number of carbonyl (C=O) groups excluding carboxylic acids is 1. The maximum atomic E-state index is 12.8. The minimum Gasteiger partial charge on any atom is -0.381 e. The lowest BCUT2D eigenvalue weighted by Crippen LogP contribution is -2.52. The second kappa shape index (κ2) is 7.00. The van der Waals surface area contributed by atoms with Crippen molar-refractivity contribution in [2.45, 2.75) is 68.7 Å². The number of likely N-dealkylation sites (tertiary alicyclic amines) is 1. The Bertz CT molecular complexity index is 398. The summed E-state index contributed by atoms with van der Waals surface area (Å²) in [5.74, 6) is 0.743. The van der Waals surface area contributed by atoms with Gasteiger partial charge in [-0.05, 0) is 51.2 Å². The molecule has 22 heavy (non-hydrogen) atoms. The van der Waals surface area contributed by atoms with Crippen LogP contribution in [-0.2, 0) is 4.74 Å². The maximum Gasteiger partial charge on any atom is 0.317 e. The number of thioether (sulfide) groups is 1. The lowest BCUT2D eigenvalue weighted by atomic mass is 9.85. The van der Waals surface area contributed by atoms with Gasteiger partial charge in [0.25, 0.3) is 0 Å². The third-order valence-corrected chi connectivity index (χ3v) is 7.40. The molecule has 2 amide bonds. The van der Waals surface area contributed by atoms with Gasteiger partial charge in [0.15, 0.2) is 0 Å². The fraction of sp³-hybridized carbons (Fsp3) is 0.941. The number of amides is 2. The first-order valence-electron chi connectivity index (χ1n) is 8.84. The molecule has 1 saturated carbocycles. The van der Waals surface area contributed by atoms with Crippen LogP contribution < -0.4 is 5.32 Å². The molecule has 2 aliphatic heterocycles. The van der Waals surface area contributed by atoms with Crippen molar-refractivity contribution in [1.82, 2.24) is 10.2 Å². The molecule has 1 aliphatic carbocycles. The smallest absolute Gasteiger partial charge is 0.317 e. The molecule has 3 fully saturated rings. The molecule has 3 rings (SSSR count). The van der Waals surface area contributed by atoms with E-state index in [2.05, 4.69) is 23.4 Å². The zero-order valence-electron chi connectivity index (χ0n) is 14.0. The highest BCUT2D eigenvalue weighted by atomic mass is 32.2. The van der Waals surface area contributed by atoms with Gasteiger partial charge in [0.1, 0.15) is 0 Å². The molecule has 1 N–H and O–H groups in total. The van der Waals surface area contributed by atoms with E-state index in [0.717, 1.165) is 38.5 Å². The molecular weight excluding hydrogens is 296 g/mol. The Balaban J connectivity index is 1.59. The Morgan fingerprint density at radius 3 is 2.77 bits per heavy atom. The molecule has 3 unspecified atom stereocenters. The van der Waals surface area contributed by atoms with Crippen LogP contribution in [-0.4, -0.2) is 53.8 Å². The summed E-state index contributed by atoms with van der Waals surface area (Å²) in [5.41, 5.74) is 0. The van der Waals surface area contributed by atoms with E-state index in [1.54, 1.807) is 0 Å². The van der Waals surface area contributed by atoms with Crippen LogP contribution in [0.15, 0.2) is 0 Å². The van der Waals surface area contributed by atoms with E-state index in [-0.39, 0.29) is 10.8 Å². The second-order valence-electron chi connectivity index (χ2n) is 7.26. The molecule has 5 heteroatoms. The van der Waals surface area contributed by atoms with Crippen molar-refractivity contribution in [3.05, 3.63) is 0 Å². The van der Waals surface area contributed by atoms with E-state index in [4.69, 9.17) is 4.74 Å². The topological polar surface area (TPSA) is 41.6 Å². The predicted octanol–water partition coefficient (Wildman–Crippen LogP) is 3.26. The van der Waals surface area contributed by atoms with Gasteiger partial charge in [-0.15, -0.1) is 0 Å². The summed E-state index contributed by atoms with van der Waals surface area (Å²) in [6.45, 7) is 4.64. The number of carbonyl (C=O) groups is 1. The van der Waals surface area contributed by atoms with E-state index in [1.165, 1.54) is 32.1 Å². The molecule has 0 radical (unpaired) electrons. The largest absolute Gasteiger partial charge is 0.381 e. The Morgan fingerprint density at radius 1 is 1.32 bits per heavy atom. The van der Waals surface area contributed by atoms with Crippen LogP contribution in [0.1, 0.15) is 51.9 Å². The van der Waals surface area contributed by atoms with Crippen molar-refractivity contribution < 1.29 is 9.53 Å². The highest BCUT2D eigenvalue weighted by Crippen LogP contribution is 2.39. The molecular formula is C17H30N2O2S. The summed E-state index contributed by atoms with van der Waals surface area (Å²) < 4.78 is 5.65. The number of fused-ring (bicyclic) bond motifs is 1. The van der Waals surface area contributed by atoms with Gasteiger partial charge in [0, 0.05) is 36.6 Å². The first-order chi connectivity index (χ1) is 10.7. The summed E-state index contributed by atoms with van der Waals surface area (Å²) in [6.07, 6.45) is 10.6. The van der Waals surface area contributed by atoms with Crippen LogP contribution in [0.2, 0.25) is 0 Å². The second-order valence-corrected chi connectivity index (χ2v) is 8.54. The number of nitrogens with one attached hydrogen (secondary N) is 1. The van der Waals surface area contributed by atoms with Gasteiger partial charge in [-0.25, -0.2) is 4.79 Å². The third-order valence-electron chi connectivity index (χ3n) is 5.98. The van der Waals surface area contributed by atoms with E-state index < -0.39 is 0 Å². The number of rotatable bonds is 3. The normalized spacial score (nSPS) is 34.3. The standard InChI is InChI=1S/C17H30N2O2S/c1-13-11-14-5-3-4-6-15(14)19(13)16(20)18-12-17(22-2)7-9-21-10-8-17/h13-15H,3-12H2,1-2H3,(H,18,20). The number of urea groups is 1. The average Bonchev–Trinajstić information content (AvgIpc) is 2.89. The Kier molecular flexibility index (Phi) is 5.23. The zero-order chi connectivity index (χ0) is 15.6. The van der Waals surface area contributed by atoms with E-state index in [0.29, 0.717) is 12.1 Å². The molecule has 126 valence electrons. The zero-order valence-corrected chi connectivity index (χ0v) is 14.8. The van der Waals surface area contributed by atoms with Crippen LogP contribution in [0.3, 0.4) is 0 Å². The highest BCUT2D eigenvalue weighted by molar-refractivity contribution is 8.00. The van der Waals surface area contributed by atoms with Gasteiger partial charge in [-0.1, -0.05) is 12.8 Å². The summed E-state index contributed by atoms with van der Waals surface area (Å²) >= 11 is 1.89. The highest BCUT2D eigenvalue weighted by Gasteiger charge is 2.43. The van der Waals surface area contributed by atoms with E-state index in [1.807, 2.05) is 11.8 Å². The lowest BCUT2D eigenvalue weighted by molar-refractivity contribution is 0.0767. The molecule has 0 aromatic heterocycles. The molecule has 2 heterocycles. The van der Waals surface area contributed by atoms with Crippen molar-refractivity contribution in [3.8, 4) is 0 Å². The number of ether oxygens (including phenoxy) is 1. The summed E-state index contributed by atoms with van der Waals surface area (Å²) in [5, 5.41) is 3.26. The van der Waals surface area contributed by atoms with Gasteiger partial charge >= 0.3 is 6.03 Å². The van der Waals surface area contributed by atoms with Crippen molar-refractivity contribution >= 4 is 17.8 Å². The lowest BCUT2D eigenvalue weighted by Gasteiger charge is -2.38. The average molecular weight is 327 g/mol. The van der Waals surface area contributed by atoms with Crippen LogP contribution in [0, 0.1) is 5.92 Å². The van der Waals surface area contributed by atoms with Gasteiger partial charge < -0.3 is 15.0 Å². The monoisotopic (exact) mass is 326 g/mol. The van der Waals surface area contributed by atoms with Gasteiger partial charge in [-0.3, -0.25) is 0 Å². The van der Waals surface area contributed by atoms with Crippen LogP contribution in [0.4, 0.5) is 4.79 Å². The fourth-order valence-electron chi connectivity index (χ4n) is 4.58.